The van der Waals surface area contributed by atoms with Crippen LogP contribution in [-0.4, -0.2) is 29.1 Å². The highest BCUT2D eigenvalue weighted by atomic mass is 35.5. The molecule has 0 fully saturated rings. The second-order valence-corrected chi connectivity index (χ2v) is 6.79. The third kappa shape index (κ3) is 5.47. The zero-order valence-electron chi connectivity index (χ0n) is 15.2. The number of carbonyl (C=O) groups is 1. The number of nitrogens with one attached hydrogen (secondary N) is 1. The number of hydrogen-bond acceptors (Lipinski definition) is 3. The maximum Gasteiger partial charge on any atom is 0.207 e. The van der Waals surface area contributed by atoms with Gasteiger partial charge >= 0.3 is 0 Å². The minimum atomic E-state index is 0.668. The fourth-order valence-electron chi connectivity index (χ4n) is 3.07. The van der Waals surface area contributed by atoms with Gasteiger partial charge in [0.15, 0.2) is 0 Å². The smallest absolute Gasteiger partial charge is 0.207 e. The number of amides is 1. The van der Waals surface area contributed by atoms with Crippen LogP contribution in [0.3, 0.4) is 0 Å². The van der Waals surface area contributed by atoms with E-state index in [0.29, 0.717) is 18.2 Å². The van der Waals surface area contributed by atoms with Crippen LogP contribution < -0.4 is 10.1 Å². The molecule has 1 aromatic heterocycles. The zero-order valence-corrected chi connectivity index (χ0v) is 16.0. The molecule has 5 nitrogen and oxygen atoms in total. The molecule has 1 heterocycles. The maximum atomic E-state index is 10.4. The van der Waals surface area contributed by atoms with E-state index in [0.717, 1.165) is 61.2 Å². The number of ether oxygens (including phenoxy) is 1. The van der Waals surface area contributed by atoms with E-state index in [4.69, 9.17) is 21.3 Å². The number of benzene rings is 2. The average Bonchev–Trinajstić information content (AvgIpc) is 3.04. The Morgan fingerprint density at radius 2 is 1.89 bits per heavy atom. The van der Waals surface area contributed by atoms with Crippen molar-refractivity contribution in [2.45, 2.75) is 32.2 Å². The van der Waals surface area contributed by atoms with E-state index in [2.05, 4.69) is 16.0 Å². The van der Waals surface area contributed by atoms with Crippen molar-refractivity contribution >= 4 is 29.0 Å². The molecule has 0 spiro atoms. The molecular weight excluding hydrogens is 362 g/mol. The normalized spacial score (nSPS) is 10.9. The molecule has 0 aliphatic heterocycles. The number of aryl methyl sites for hydroxylation is 2. The van der Waals surface area contributed by atoms with Crippen LogP contribution in [0.2, 0.25) is 5.02 Å². The van der Waals surface area contributed by atoms with Crippen LogP contribution in [0.1, 0.15) is 25.1 Å². The Kier molecular flexibility index (Phi) is 7.11. The summed E-state index contributed by atoms with van der Waals surface area (Å²) in [5, 5.41) is 3.42. The highest BCUT2D eigenvalue weighted by Gasteiger charge is 2.09. The Bertz CT molecular complexity index is 861. The molecule has 1 N–H and O–H groups in total. The second kappa shape index (κ2) is 9.97. The molecule has 0 aliphatic carbocycles. The summed E-state index contributed by atoms with van der Waals surface area (Å²) in [5.74, 6) is 1.92. The van der Waals surface area contributed by atoms with Crippen molar-refractivity contribution in [3.8, 4) is 5.75 Å². The molecule has 1 amide bonds. The lowest BCUT2D eigenvalue weighted by molar-refractivity contribution is -0.109. The SMILES string of the molecule is O=CNCCCc1nc2ccccc2n1CCCCOc1ccc(Cl)cc1. The second-order valence-electron chi connectivity index (χ2n) is 6.35. The number of carbonyl (C=O) groups excluding carboxylic acids is 1. The van der Waals surface area contributed by atoms with Gasteiger partial charge in [-0.05, 0) is 55.7 Å². The first-order chi connectivity index (χ1) is 13.3. The van der Waals surface area contributed by atoms with E-state index in [-0.39, 0.29) is 0 Å². The fraction of sp³-hybridized carbons (Fsp3) is 0.333. The first kappa shape index (κ1) is 19.2. The highest BCUT2D eigenvalue weighted by Crippen LogP contribution is 2.19. The van der Waals surface area contributed by atoms with Gasteiger partial charge in [-0.2, -0.15) is 0 Å². The van der Waals surface area contributed by atoms with E-state index < -0.39 is 0 Å². The number of imidazole rings is 1. The van der Waals surface area contributed by atoms with Crippen molar-refractivity contribution in [2.75, 3.05) is 13.2 Å². The number of nitrogens with zero attached hydrogens (tertiary/aromatic N) is 2. The Morgan fingerprint density at radius 1 is 1.07 bits per heavy atom. The number of hydrogen-bond donors (Lipinski definition) is 1. The summed E-state index contributed by atoms with van der Waals surface area (Å²) in [6.07, 6.45) is 4.43. The van der Waals surface area contributed by atoms with Crippen LogP contribution in [-0.2, 0) is 17.8 Å². The van der Waals surface area contributed by atoms with E-state index >= 15 is 0 Å². The molecule has 0 saturated heterocycles. The molecule has 0 aliphatic rings. The van der Waals surface area contributed by atoms with Crippen molar-refractivity contribution in [1.29, 1.82) is 0 Å². The third-order valence-corrected chi connectivity index (χ3v) is 4.65. The van der Waals surface area contributed by atoms with E-state index in [1.807, 2.05) is 42.5 Å². The summed E-state index contributed by atoms with van der Waals surface area (Å²) < 4.78 is 8.06. The summed E-state index contributed by atoms with van der Waals surface area (Å²) >= 11 is 5.88. The van der Waals surface area contributed by atoms with Crippen LogP contribution in [0.25, 0.3) is 11.0 Å². The number of fused-ring (bicyclic) bond motifs is 1. The number of para-hydroxylation sites is 2. The van der Waals surface area contributed by atoms with Gasteiger partial charge in [0.25, 0.3) is 0 Å². The predicted octanol–water partition coefficient (Wildman–Crippen LogP) is 4.23. The summed E-state index contributed by atoms with van der Waals surface area (Å²) in [5.41, 5.74) is 2.18. The lowest BCUT2D eigenvalue weighted by atomic mass is 10.2. The summed E-state index contributed by atoms with van der Waals surface area (Å²) in [6.45, 7) is 2.25. The number of halogens is 1. The molecule has 6 heteroatoms. The number of unbranched alkanes of at least 4 members (excludes halogenated alkanes) is 1. The monoisotopic (exact) mass is 385 g/mol. The van der Waals surface area contributed by atoms with Crippen LogP contribution >= 0.6 is 11.6 Å². The summed E-state index contributed by atoms with van der Waals surface area (Å²) in [6, 6.07) is 15.6. The van der Waals surface area contributed by atoms with Gasteiger partial charge in [0, 0.05) is 24.5 Å². The van der Waals surface area contributed by atoms with Gasteiger partial charge in [-0.25, -0.2) is 4.98 Å². The van der Waals surface area contributed by atoms with Crippen molar-refractivity contribution in [1.82, 2.24) is 14.9 Å². The molecule has 0 saturated carbocycles. The van der Waals surface area contributed by atoms with Gasteiger partial charge in [-0.15, -0.1) is 0 Å². The minimum absolute atomic E-state index is 0.668. The predicted molar refractivity (Wildman–Crippen MR) is 108 cm³/mol. The molecular formula is C21H24ClN3O2. The highest BCUT2D eigenvalue weighted by molar-refractivity contribution is 6.30. The maximum absolute atomic E-state index is 10.4. The van der Waals surface area contributed by atoms with Crippen molar-refractivity contribution in [3.63, 3.8) is 0 Å². The molecule has 142 valence electrons. The van der Waals surface area contributed by atoms with E-state index in [1.165, 1.54) is 0 Å². The van der Waals surface area contributed by atoms with Crippen LogP contribution in [0.4, 0.5) is 0 Å². The number of aromatic nitrogens is 2. The standard InChI is InChI=1S/C21H24ClN3O2/c22-17-9-11-18(12-10-17)27-15-4-3-14-25-20-7-2-1-6-19(20)24-21(25)8-5-13-23-16-26/h1-2,6-7,9-12,16H,3-5,8,13-15H2,(H,23,26). The molecule has 3 aromatic rings. The summed E-state index contributed by atoms with van der Waals surface area (Å²) in [4.78, 5) is 15.2. The van der Waals surface area contributed by atoms with Gasteiger partial charge < -0.3 is 14.6 Å². The van der Waals surface area contributed by atoms with Crippen LogP contribution in [0, 0.1) is 0 Å². The molecule has 2 aromatic carbocycles. The van der Waals surface area contributed by atoms with Gasteiger partial charge in [0.1, 0.15) is 11.6 Å². The molecule has 0 atom stereocenters. The third-order valence-electron chi connectivity index (χ3n) is 4.40. The van der Waals surface area contributed by atoms with Gasteiger partial charge in [-0.3, -0.25) is 4.79 Å². The summed E-state index contributed by atoms with van der Waals surface area (Å²) in [7, 11) is 0. The Balaban J connectivity index is 1.54. The quantitative estimate of drug-likeness (QED) is 0.397. The van der Waals surface area contributed by atoms with Crippen molar-refractivity contribution in [3.05, 3.63) is 59.4 Å². The Hall–Kier alpha value is -2.53. The molecule has 0 radical (unpaired) electrons. The van der Waals surface area contributed by atoms with Crippen molar-refractivity contribution in [2.24, 2.45) is 0 Å². The molecule has 3 rings (SSSR count). The topological polar surface area (TPSA) is 56.2 Å². The molecule has 27 heavy (non-hydrogen) atoms. The van der Waals surface area contributed by atoms with E-state index in [9.17, 15) is 4.79 Å². The zero-order chi connectivity index (χ0) is 18.9. The first-order valence-corrected chi connectivity index (χ1v) is 9.65. The van der Waals surface area contributed by atoms with Gasteiger partial charge in [0.05, 0.1) is 17.6 Å². The van der Waals surface area contributed by atoms with E-state index in [1.54, 1.807) is 0 Å². The average molecular weight is 386 g/mol. The largest absolute Gasteiger partial charge is 0.494 e. The first-order valence-electron chi connectivity index (χ1n) is 9.27. The van der Waals surface area contributed by atoms with Crippen LogP contribution in [0.5, 0.6) is 5.75 Å². The number of rotatable bonds is 11. The Morgan fingerprint density at radius 3 is 2.70 bits per heavy atom. The Labute approximate surface area is 164 Å². The lowest BCUT2D eigenvalue weighted by Gasteiger charge is -2.10. The fourth-order valence-corrected chi connectivity index (χ4v) is 3.19. The molecule has 0 unspecified atom stereocenters. The van der Waals surface area contributed by atoms with Gasteiger partial charge in [0.2, 0.25) is 6.41 Å². The van der Waals surface area contributed by atoms with Crippen molar-refractivity contribution < 1.29 is 9.53 Å². The minimum Gasteiger partial charge on any atom is -0.494 e. The van der Waals surface area contributed by atoms with Gasteiger partial charge in [-0.1, -0.05) is 23.7 Å². The molecule has 0 bridgehead atoms. The van der Waals surface area contributed by atoms with Crippen LogP contribution in [0.15, 0.2) is 48.5 Å². The lowest BCUT2D eigenvalue weighted by Crippen LogP contribution is -2.14.